The van der Waals surface area contributed by atoms with Crippen LogP contribution >= 0.6 is 0 Å². The van der Waals surface area contributed by atoms with Crippen LogP contribution in [-0.4, -0.2) is 61.9 Å². The van der Waals surface area contributed by atoms with E-state index in [4.69, 9.17) is 19.4 Å². The van der Waals surface area contributed by atoms with Gasteiger partial charge in [0.05, 0.1) is 30.6 Å². The van der Waals surface area contributed by atoms with Crippen LogP contribution in [-0.2, 0) is 4.79 Å². The summed E-state index contributed by atoms with van der Waals surface area (Å²) in [6, 6.07) is 2.35. The van der Waals surface area contributed by atoms with Gasteiger partial charge in [0.2, 0.25) is 0 Å². The zero-order chi connectivity index (χ0) is 29.3. The van der Waals surface area contributed by atoms with Gasteiger partial charge in [-0.2, -0.15) is 13.2 Å². The lowest BCUT2D eigenvalue weighted by molar-refractivity contribution is -0.192. The van der Waals surface area contributed by atoms with Crippen molar-refractivity contribution in [2.24, 2.45) is 0 Å². The minimum absolute atomic E-state index is 0.0963. The van der Waals surface area contributed by atoms with Crippen LogP contribution in [0.3, 0.4) is 0 Å². The van der Waals surface area contributed by atoms with Gasteiger partial charge in [0.15, 0.2) is 11.6 Å². The third-order valence-electron chi connectivity index (χ3n) is 5.43. The van der Waals surface area contributed by atoms with Crippen LogP contribution in [0.25, 0.3) is 11.4 Å². The number of carbonyl (C=O) groups is 2. The maximum Gasteiger partial charge on any atom is 0.490 e. The Hall–Kier alpha value is -4.43. The van der Waals surface area contributed by atoms with E-state index in [9.17, 15) is 26.7 Å². The lowest BCUT2D eigenvalue weighted by Gasteiger charge is -2.26. The fraction of sp³-hybridized carbons (Fsp3) is 0.360. The summed E-state index contributed by atoms with van der Waals surface area (Å²) in [5, 5.41) is 9.85. The van der Waals surface area contributed by atoms with Crippen LogP contribution in [0.5, 0.6) is 17.4 Å². The second-order valence-electron chi connectivity index (χ2n) is 8.38. The molecule has 1 aliphatic rings. The fourth-order valence-electron chi connectivity index (χ4n) is 3.55. The number of hydrogen-bond acceptors (Lipinski definition) is 8. The SMILES string of the molecule is CCOc1cc(F)cnc1Oc1cncc(-c2ncc(C(=O)N[C@H]3CCCC[C@@H]3F)cn2)c1.O=C(O)C(F)(F)F. The average Bonchev–Trinajstić information content (AvgIpc) is 2.92. The van der Waals surface area contributed by atoms with Crippen molar-refractivity contribution in [3.63, 3.8) is 0 Å². The van der Waals surface area contributed by atoms with E-state index < -0.39 is 36.1 Å². The third kappa shape index (κ3) is 8.54. The quantitative estimate of drug-likeness (QED) is 0.381. The highest BCUT2D eigenvalue weighted by Crippen LogP contribution is 2.31. The zero-order valence-electron chi connectivity index (χ0n) is 21.0. The van der Waals surface area contributed by atoms with E-state index in [2.05, 4.69) is 25.3 Å². The van der Waals surface area contributed by atoms with E-state index >= 15 is 0 Å². The van der Waals surface area contributed by atoms with Crippen LogP contribution in [0, 0.1) is 5.82 Å². The first-order chi connectivity index (χ1) is 19.0. The van der Waals surface area contributed by atoms with Crippen molar-refractivity contribution >= 4 is 11.9 Å². The number of aliphatic carboxylic acids is 1. The van der Waals surface area contributed by atoms with Crippen molar-refractivity contribution in [2.45, 2.75) is 51.0 Å². The molecule has 1 aliphatic carbocycles. The summed E-state index contributed by atoms with van der Waals surface area (Å²) in [5.41, 5.74) is 0.782. The van der Waals surface area contributed by atoms with Crippen molar-refractivity contribution in [3.8, 4) is 28.8 Å². The molecule has 0 saturated heterocycles. The minimum atomic E-state index is -5.08. The van der Waals surface area contributed by atoms with Gasteiger partial charge in [-0.25, -0.2) is 28.5 Å². The van der Waals surface area contributed by atoms with Crippen molar-refractivity contribution in [2.75, 3.05) is 6.61 Å². The Morgan fingerprint density at radius 1 is 1.05 bits per heavy atom. The van der Waals surface area contributed by atoms with Gasteiger partial charge in [0, 0.05) is 30.2 Å². The van der Waals surface area contributed by atoms with Crippen LogP contribution in [0.1, 0.15) is 43.0 Å². The molecular weight excluding hydrogens is 545 g/mol. The number of ether oxygens (including phenoxy) is 2. The molecule has 10 nitrogen and oxygen atoms in total. The summed E-state index contributed by atoms with van der Waals surface area (Å²) >= 11 is 0. The molecule has 2 N–H and O–H groups in total. The van der Waals surface area contributed by atoms with Crippen molar-refractivity contribution in [1.29, 1.82) is 0 Å². The van der Waals surface area contributed by atoms with Gasteiger partial charge < -0.3 is 19.9 Å². The highest BCUT2D eigenvalue weighted by molar-refractivity contribution is 5.94. The first-order valence-electron chi connectivity index (χ1n) is 12.0. The summed E-state index contributed by atoms with van der Waals surface area (Å²) in [4.78, 5) is 37.9. The number of rotatable bonds is 7. The minimum Gasteiger partial charge on any atom is -0.488 e. The molecule has 0 radical (unpaired) electrons. The number of nitrogens with one attached hydrogen (secondary N) is 1. The van der Waals surface area contributed by atoms with Crippen LogP contribution in [0.2, 0.25) is 0 Å². The Balaban J connectivity index is 0.000000559. The van der Waals surface area contributed by atoms with Crippen molar-refractivity contribution in [3.05, 3.63) is 54.5 Å². The molecule has 0 unspecified atom stereocenters. The molecule has 2 atom stereocenters. The topological polar surface area (TPSA) is 136 Å². The molecular formula is C25H24F5N5O5. The van der Waals surface area contributed by atoms with E-state index in [0.717, 1.165) is 19.0 Å². The lowest BCUT2D eigenvalue weighted by Crippen LogP contribution is -2.43. The number of carbonyl (C=O) groups excluding carboxylic acids is 1. The third-order valence-corrected chi connectivity index (χ3v) is 5.43. The highest BCUT2D eigenvalue weighted by atomic mass is 19.4. The summed E-state index contributed by atoms with van der Waals surface area (Å²) in [6.45, 7) is 2.09. The largest absolute Gasteiger partial charge is 0.490 e. The van der Waals surface area contributed by atoms with Crippen molar-refractivity contribution in [1.82, 2.24) is 25.3 Å². The maximum atomic E-state index is 14.0. The number of aromatic nitrogens is 4. The average molecular weight is 569 g/mol. The van der Waals surface area contributed by atoms with Gasteiger partial charge >= 0.3 is 12.1 Å². The first kappa shape index (κ1) is 30.1. The van der Waals surface area contributed by atoms with Gasteiger partial charge in [-0.3, -0.25) is 9.78 Å². The number of carboxylic acid groups (broad SMARTS) is 1. The normalized spacial score (nSPS) is 16.8. The zero-order valence-corrected chi connectivity index (χ0v) is 21.0. The first-order valence-corrected chi connectivity index (χ1v) is 12.0. The summed E-state index contributed by atoms with van der Waals surface area (Å²) in [7, 11) is 0. The predicted octanol–water partition coefficient (Wildman–Crippen LogP) is 4.91. The molecule has 0 spiro atoms. The highest BCUT2D eigenvalue weighted by Gasteiger charge is 2.38. The van der Waals surface area contributed by atoms with Gasteiger partial charge in [-0.05, 0) is 25.8 Å². The summed E-state index contributed by atoms with van der Waals surface area (Å²) in [5.74, 6) is -2.79. The number of nitrogens with zero attached hydrogens (tertiary/aromatic N) is 4. The number of amides is 1. The van der Waals surface area contributed by atoms with E-state index in [-0.39, 0.29) is 17.2 Å². The Morgan fingerprint density at radius 2 is 1.73 bits per heavy atom. The summed E-state index contributed by atoms with van der Waals surface area (Å²) < 4.78 is 70.3. The number of halogens is 5. The van der Waals surface area contributed by atoms with Gasteiger partial charge in [0.25, 0.3) is 11.8 Å². The monoisotopic (exact) mass is 569 g/mol. The van der Waals surface area contributed by atoms with Gasteiger partial charge in [-0.15, -0.1) is 0 Å². The Labute approximate surface area is 224 Å². The summed E-state index contributed by atoms with van der Waals surface area (Å²) in [6.07, 6.45) is 3.51. The van der Waals surface area contributed by atoms with Crippen LogP contribution in [0.4, 0.5) is 22.0 Å². The molecule has 0 aromatic carbocycles. The molecule has 3 aromatic heterocycles. The fourth-order valence-corrected chi connectivity index (χ4v) is 3.55. The van der Waals surface area contributed by atoms with E-state index in [1.165, 1.54) is 24.7 Å². The molecule has 3 aromatic rings. The molecule has 0 bridgehead atoms. The Morgan fingerprint density at radius 3 is 2.35 bits per heavy atom. The second-order valence-corrected chi connectivity index (χ2v) is 8.38. The Bertz CT molecular complexity index is 1310. The lowest BCUT2D eigenvalue weighted by atomic mass is 9.93. The van der Waals surface area contributed by atoms with Gasteiger partial charge in [-0.1, -0.05) is 12.8 Å². The van der Waals surface area contributed by atoms with Crippen LogP contribution in [0.15, 0.2) is 43.1 Å². The van der Waals surface area contributed by atoms with Crippen LogP contribution < -0.4 is 14.8 Å². The molecule has 1 saturated carbocycles. The standard InChI is InChI=1S/C23H23F2N5O3.C2HF3O2/c1-2-32-20-8-16(24)12-29-23(20)33-17-7-14(9-26-13-17)21-27-10-15(11-28-21)22(31)30-19-6-4-3-5-18(19)25;3-2(4,5)1(6)7/h7-13,18-19H,2-6H2,1H3,(H,30,31);(H,6,7)/t18-,19-;/m0./s1. The number of alkyl halides is 4. The number of carboxylic acids is 1. The van der Waals surface area contributed by atoms with Gasteiger partial charge in [0.1, 0.15) is 17.7 Å². The van der Waals surface area contributed by atoms with E-state index in [0.29, 0.717) is 36.6 Å². The smallest absolute Gasteiger partial charge is 0.488 e. The Kier molecular flexibility index (Phi) is 10.2. The predicted molar refractivity (Wildman–Crippen MR) is 129 cm³/mol. The molecule has 214 valence electrons. The molecule has 1 amide bonds. The molecule has 40 heavy (non-hydrogen) atoms. The number of hydrogen-bond donors (Lipinski definition) is 2. The maximum absolute atomic E-state index is 14.0. The van der Waals surface area contributed by atoms with Crippen molar-refractivity contribution < 1.29 is 46.1 Å². The van der Waals surface area contributed by atoms with E-state index in [1.807, 2.05) is 0 Å². The molecule has 15 heteroatoms. The number of pyridine rings is 2. The molecule has 3 heterocycles. The second kappa shape index (κ2) is 13.6. The molecule has 1 fully saturated rings. The molecule has 0 aliphatic heterocycles. The van der Waals surface area contributed by atoms with E-state index in [1.54, 1.807) is 19.2 Å². The molecule has 4 rings (SSSR count).